The third kappa shape index (κ3) is 3.70. The van der Waals surface area contributed by atoms with E-state index in [-0.39, 0.29) is 28.9 Å². The molecule has 0 aromatic heterocycles. The molecule has 1 aliphatic heterocycles. The molecule has 0 saturated heterocycles. The Morgan fingerprint density at radius 1 is 1.04 bits per heavy atom. The van der Waals surface area contributed by atoms with Crippen LogP contribution in [0.5, 0.6) is 0 Å². The SMILES string of the molecule is COCCCN1C(=O)c2ccc(C(=O)Nc3ccc(F)c(F)c3)cc2C1=O. The van der Waals surface area contributed by atoms with Gasteiger partial charge in [-0.15, -0.1) is 0 Å². The lowest BCUT2D eigenvalue weighted by Gasteiger charge is -2.12. The van der Waals surface area contributed by atoms with Crippen molar-refractivity contribution >= 4 is 23.4 Å². The summed E-state index contributed by atoms with van der Waals surface area (Å²) in [7, 11) is 1.53. The number of anilines is 1. The Balaban J connectivity index is 1.78. The molecule has 1 aliphatic rings. The first-order valence-corrected chi connectivity index (χ1v) is 8.18. The van der Waals surface area contributed by atoms with E-state index >= 15 is 0 Å². The average Bonchev–Trinajstić information content (AvgIpc) is 2.89. The summed E-state index contributed by atoms with van der Waals surface area (Å²) in [5.41, 5.74) is 0.554. The Morgan fingerprint density at radius 3 is 2.48 bits per heavy atom. The van der Waals surface area contributed by atoms with Crippen LogP contribution in [-0.4, -0.2) is 42.9 Å². The molecule has 3 amide bonds. The minimum atomic E-state index is -1.09. The number of rotatable bonds is 6. The zero-order chi connectivity index (χ0) is 19.6. The molecule has 2 aromatic rings. The molecule has 6 nitrogen and oxygen atoms in total. The highest BCUT2D eigenvalue weighted by molar-refractivity contribution is 6.22. The van der Waals surface area contributed by atoms with Gasteiger partial charge >= 0.3 is 0 Å². The normalized spacial score (nSPS) is 13.1. The van der Waals surface area contributed by atoms with Crippen LogP contribution in [0.4, 0.5) is 14.5 Å². The minimum Gasteiger partial charge on any atom is -0.385 e. The Labute approximate surface area is 153 Å². The van der Waals surface area contributed by atoms with Crippen LogP contribution in [0.2, 0.25) is 0 Å². The highest BCUT2D eigenvalue weighted by Crippen LogP contribution is 2.25. The van der Waals surface area contributed by atoms with Crippen molar-refractivity contribution in [3.8, 4) is 0 Å². The van der Waals surface area contributed by atoms with Gasteiger partial charge in [0.2, 0.25) is 0 Å². The van der Waals surface area contributed by atoms with E-state index in [4.69, 9.17) is 4.74 Å². The molecule has 0 radical (unpaired) electrons. The van der Waals surface area contributed by atoms with Gasteiger partial charge in [-0.1, -0.05) is 0 Å². The molecular weight excluding hydrogens is 358 g/mol. The fraction of sp³-hybridized carbons (Fsp3) is 0.211. The fourth-order valence-electron chi connectivity index (χ4n) is 2.78. The van der Waals surface area contributed by atoms with E-state index in [1.807, 2.05) is 0 Å². The van der Waals surface area contributed by atoms with Gasteiger partial charge in [0.15, 0.2) is 11.6 Å². The van der Waals surface area contributed by atoms with Gasteiger partial charge < -0.3 is 10.1 Å². The molecule has 0 aliphatic carbocycles. The number of halogens is 2. The first-order chi connectivity index (χ1) is 12.9. The number of hydrogen-bond acceptors (Lipinski definition) is 4. The van der Waals surface area contributed by atoms with Gasteiger partial charge in [0.1, 0.15) is 0 Å². The summed E-state index contributed by atoms with van der Waals surface area (Å²) in [6, 6.07) is 7.10. The molecule has 1 N–H and O–H groups in total. The number of benzene rings is 2. The van der Waals surface area contributed by atoms with Gasteiger partial charge in [-0.05, 0) is 36.8 Å². The molecule has 8 heteroatoms. The van der Waals surface area contributed by atoms with Crippen LogP contribution in [0.25, 0.3) is 0 Å². The van der Waals surface area contributed by atoms with Crippen LogP contribution in [0, 0.1) is 11.6 Å². The van der Waals surface area contributed by atoms with Crippen molar-refractivity contribution in [2.24, 2.45) is 0 Å². The Kier molecular flexibility index (Phi) is 5.27. The summed E-state index contributed by atoms with van der Waals surface area (Å²) >= 11 is 0. The molecule has 0 saturated carbocycles. The van der Waals surface area contributed by atoms with Crippen LogP contribution in [0.1, 0.15) is 37.5 Å². The van der Waals surface area contributed by atoms with Crippen molar-refractivity contribution in [1.82, 2.24) is 4.90 Å². The third-order valence-corrected chi connectivity index (χ3v) is 4.14. The maximum absolute atomic E-state index is 13.3. The van der Waals surface area contributed by atoms with E-state index < -0.39 is 29.4 Å². The van der Waals surface area contributed by atoms with Crippen LogP contribution in [0.15, 0.2) is 36.4 Å². The van der Waals surface area contributed by atoms with E-state index in [0.717, 1.165) is 17.0 Å². The number of ether oxygens (including phenoxy) is 1. The second-order valence-electron chi connectivity index (χ2n) is 5.95. The van der Waals surface area contributed by atoms with Crippen molar-refractivity contribution in [2.45, 2.75) is 6.42 Å². The molecular formula is C19H16F2N2O4. The maximum Gasteiger partial charge on any atom is 0.261 e. The zero-order valence-electron chi connectivity index (χ0n) is 14.4. The van der Waals surface area contributed by atoms with Gasteiger partial charge in [0.05, 0.1) is 11.1 Å². The smallest absolute Gasteiger partial charge is 0.261 e. The highest BCUT2D eigenvalue weighted by atomic mass is 19.2. The van der Waals surface area contributed by atoms with Crippen molar-refractivity contribution < 1.29 is 27.9 Å². The van der Waals surface area contributed by atoms with Crippen molar-refractivity contribution in [1.29, 1.82) is 0 Å². The summed E-state index contributed by atoms with van der Waals surface area (Å²) < 4.78 is 31.1. The second kappa shape index (κ2) is 7.63. The molecule has 3 rings (SSSR count). The quantitative estimate of drug-likeness (QED) is 0.623. The number of nitrogens with zero attached hydrogens (tertiary/aromatic N) is 1. The summed E-state index contributed by atoms with van der Waals surface area (Å²) in [6.07, 6.45) is 0.505. The predicted molar refractivity (Wildman–Crippen MR) is 92.6 cm³/mol. The van der Waals surface area contributed by atoms with E-state index in [0.29, 0.717) is 13.0 Å². The molecule has 140 valence electrons. The third-order valence-electron chi connectivity index (χ3n) is 4.14. The second-order valence-corrected chi connectivity index (χ2v) is 5.95. The minimum absolute atomic E-state index is 0.0722. The summed E-state index contributed by atoms with van der Waals surface area (Å²) in [5.74, 6) is -3.62. The molecule has 27 heavy (non-hydrogen) atoms. The largest absolute Gasteiger partial charge is 0.385 e. The lowest BCUT2D eigenvalue weighted by molar-refractivity contribution is 0.0638. The van der Waals surface area contributed by atoms with Crippen LogP contribution in [-0.2, 0) is 4.74 Å². The number of nitrogens with one attached hydrogen (secondary N) is 1. The lowest BCUT2D eigenvalue weighted by atomic mass is 10.1. The number of imide groups is 1. The van der Waals surface area contributed by atoms with Gasteiger partial charge in [0, 0.05) is 37.6 Å². The van der Waals surface area contributed by atoms with Crippen molar-refractivity contribution in [3.05, 3.63) is 64.7 Å². The number of carbonyl (C=O) groups is 3. The van der Waals surface area contributed by atoms with Gasteiger partial charge in [0.25, 0.3) is 17.7 Å². The summed E-state index contributed by atoms with van der Waals surface area (Å²) in [6.45, 7) is 0.631. The van der Waals surface area contributed by atoms with E-state index in [9.17, 15) is 23.2 Å². The molecule has 0 fully saturated rings. The first-order valence-electron chi connectivity index (χ1n) is 8.18. The molecule has 0 bridgehead atoms. The lowest BCUT2D eigenvalue weighted by Crippen LogP contribution is -2.31. The predicted octanol–water partition coefficient (Wildman–Crippen LogP) is 2.85. The monoisotopic (exact) mass is 374 g/mol. The number of fused-ring (bicyclic) bond motifs is 1. The van der Waals surface area contributed by atoms with Crippen LogP contribution < -0.4 is 5.32 Å². The summed E-state index contributed by atoms with van der Waals surface area (Å²) in [5, 5.41) is 2.42. The number of carbonyl (C=O) groups excluding carboxylic acids is 3. The molecule has 0 atom stereocenters. The van der Waals surface area contributed by atoms with Gasteiger partial charge in [-0.25, -0.2) is 8.78 Å². The van der Waals surface area contributed by atoms with Crippen LogP contribution in [0.3, 0.4) is 0 Å². The van der Waals surface area contributed by atoms with Crippen molar-refractivity contribution in [3.63, 3.8) is 0 Å². The Hall–Kier alpha value is -3.13. The zero-order valence-corrected chi connectivity index (χ0v) is 14.4. The Bertz CT molecular complexity index is 930. The highest BCUT2D eigenvalue weighted by Gasteiger charge is 2.35. The fourth-order valence-corrected chi connectivity index (χ4v) is 2.78. The standard InChI is InChI=1S/C19H16F2N2O4/c1-27-8-2-7-23-18(25)13-5-3-11(9-14(13)19(23)26)17(24)22-12-4-6-15(20)16(21)10-12/h3-6,9-10H,2,7-8H2,1H3,(H,22,24). The Morgan fingerprint density at radius 2 is 1.78 bits per heavy atom. The number of amides is 3. The number of hydrogen-bond donors (Lipinski definition) is 1. The maximum atomic E-state index is 13.3. The van der Waals surface area contributed by atoms with Crippen LogP contribution >= 0.6 is 0 Å². The first kappa shape index (κ1) is 18.7. The molecule has 0 spiro atoms. The van der Waals surface area contributed by atoms with Gasteiger partial charge in [-0.3, -0.25) is 19.3 Å². The molecule has 1 heterocycles. The number of methoxy groups -OCH3 is 1. The average molecular weight is 374 g/mol. The molecule has 0 unspecified atom stereocenters. The topological polar surface area (TPSA) is 75.7 Å². The summed E-state index contributed by atoms with van der Waals surface area (Å²) in [4.78, 5) is 38.2. The van der Waals surface area contributed by atoms with E-state index in [1.165, 1.54) is 31.4 Å². The van der Waals surface area contributed by atoms with Gasteiger partial charge in [-0.2, -0.15) is 0 Å². The van der Waals surface area contributed by atoms with E-state index in [1.54, 1.807) is 0 Å². The molecule has 2 aromatic carbocycles. The van der Waals surface area contributed by atoms with Crippen molar-refractivity contribution in [2.75, 3.05) is 25.6 Å². The van der Waals surface area contributed by atoms with E-state index in [2.05, 4.69) is 5.32 Å².